The molecule has 0 fully saturated rings. The van der Waals surface area contributed by atoms with Crippen LogP contribution >= 0.6 is 11.3 Å². The summed E-state index contributed by atoms with van der Waals surface area (Å²) in [5.41, 5.74) is 16.3. The van der Waals surface area contributed by atoms with Crippen molar-refractivity contribution in [3.05, 3.63) is 42.0 Å². The molecule has 118 valence electrons. The van der Waals surface area contributed by atoms with Gasteiger partial charge in [0.15, 0.2) is 0 Å². The first-order valence-corrected chi connectivity index (χ1v) is 8.48. The molecule has 0 bridgehead atoms. The van der Waals surface area contributed by atoms with Crippen LogP contribution in [-0.4, -0.2) is 4.98 Å². The third-order valence-electron chi connectivity index (χ3n) is 2.93. The molecule has 0 radical (unpaired) electrons. The van der Waals surface area contributed by atoms with Gasteiger partial charge >= 0.3 is 0 Å². The Bertz CT molecular complexity index is 732. The van der Waals surface area contributed by atoms with Crippen LogP contribution in [0.25, 0.3) is 20.8 Å². The normalized spacial score (nSPS) is 9.50. The summed E-state index contributed by atoms with van der Waals surface area (Å²) >= 11 is 1.65. The fraction of sp³-hybridized carbons (Fsp3) is 0.278. The highest BCUT2D eigenvalue weighted by molar-refractivity contribution is 7.21. The van der Waals surface area contributed by atoms with E-state index in [4.69, 9.17) is 11.5 Å². The zero-order chi connectivity index (χ0) is 16.7. The topological polar surface area (TPSA) is 64.9 Å². The predicted octanol–water partition coefficient (Wildman–Crippen LogP) is 5.49. The summed E-state index contributed by atoms with van der Waals surface area (Å²) in [5.74, 6) is 0. The Kier molecular flexibility index (Phi) is 6.86. The number of nitrogen functional groups attached to an aromatic ring is 2. The van der Waals surface area contributed by atoms with E-state index in [-0.39, 0.29) is 0 Å². The second-order valence-electron chi connectivity index (χ2n) is 4.32. The first kappa shape index (κ1) is 18.0. The molecule has 0 aliphatic heterocycles. The maximum atomic E-state index is 5.83. The van der Waals surface area contributed by atoms with E-state index in [9.17, 15) is 0 Å². The van der Waals surface area contributed by atoms with Gasteiger partial charge < -0.3 is 11.5 Å². The van der Waals surface area contributed by atoms with Crippen molar-refractivity contribution in [1.82, 2.24) is 4.98 Å². The molecule has 0 unspecified atom stereocenters. The van der Waals surface area contributed by atoms with Gasteiger partial charge in [-0.05, 0) is 48.9 Å². The number of benzene rings is 2. The summed E-state index contributed by atoms with van der Waals surface area (Å²) in [6.07, 6.45) is 0. The highest BCUT2D eigenvalue weighted by atomic mass is 32.1. The van der Waals surface area contributed by atoms with Gasteiger partial charge in [-0.3, -0.25) is 0 Å². The van der Waals surface area contributed by atoms with Crippen molar-refractivity contribution in [3.63, 3.8) is 0 Å². The van der Waals surface area contributed by atoms with Gasteiger partial charge in [0.05, 0.1) is 10.2 Å². The molecule has 0 spiro atoms. The Morgan fingerprint density at radius 2 is 1.59 bits per heavy atom. The fourth-order valence-electron chi connectivity index (χ4n) is 1.87. The van der Waals surface area contributed by atoms with Crippen LogP contribution in [0.4, 0.5) is 11.4 Å². The second kappa shape index (κ2) is 8.39. The van der Waals surface area contributed by atoms with Gasteiger partial charge in [0.25, 0.3) is 0 Å². The number of rotatable bonds is 1. The summed E-state index contributed by atoms with van der Waals surface area (Å²) in [7, 11) is 0. The number of fused-ring (bicyclic) bond motifs is 1. The molecule has 4 heteroatoms. The largest absolute Gasteiger partial charge is 0.399 e. The molecule has 0 aliphatic rings. The van der Waals surface area contributed by atoms with Crippen molar-refractivity contribution in [2.45, 2.75) is 34.6 Å². The SMILES string of the molecule is CC.CC.Cc1cc(-c2nc3ccc(N)cc3s2)ccc1N. The van der Waals surface area contributed by atoms with E-state index in [2.05, 4.69) is 11.1 Å². The molecular weight excluding hydrogens is 290 g/mol. The molecule has 3 aromatic rings. The van der Waals surface area contributed by atoms with Gasteiger partial charge in [0.2, 0.25) is 0 Å². The molecule has 1 heterocycles. The summed E-state index contributed by atoms with van der Waals surface area (Å²) in [6, 6.07) is 11.8. The van der Waals surface area contributed by atoms with E-state index in [0.717, 1.165) is 37.7 Å². The van der Waals surface area contributed by atoms with Crippen molar-refractivity contribution >= 4 is 32.9 Å². The maximum Gasteiger partial charge on any atom is 0.124 e. The van der Waals surface area contributed by atoms with Crippen LogP contribution in [0.15, 0.2) is 36.4 Å². The highest BCUT2D eigenvalue weighted by Crippen LogP contribution is 2.32. The Morgan fingerprint density at radius 3 is 2.23 bits per heavy atom. The first-order valence-electron chi connectivity index (χ1n) is 7.66. The lowest BCUT2D eigenvalue weighted by Gasteiger charge is -2.01. The molecule has 2 aromatic carbocycles. The summed E-state index contributed by atoms with van der Waals surface area (Å²) in [5, 5.41) is 0.999. The van der Waals surface area contributed by atoms with Crippen molar-refractivity contribution in [2.24, 2.45) is 0 Å². The van der Waals surface area contributed by atoms with Gasteiger partial charge in [0.1, 0.15) is 5.01 Å². The third kappa shape index (κ3) is 3.98. The van der Waals surface area contributed by atoms with Gasteiger partial charge in [-0.1, -0.05) is 27.7 Å². The molecular formula is C18H25N3S. The monoisotopic (exact) mass is 315 g/mol. The number of aryl methyl sites for hydroxylation is 1. The number of nitrogens with two attached hydrogens (primary N) is 2. The number of hydrogen-bond donors (Lipinski definition) is 2. The molecule has 0 saturated heterocycles. The number of hydrogen-bond acceptors (Lipinski definition) is 4. The van der Waals surface area contributed by atoms with E-state index in [1.54, 1.807) is 11.3 Å². The van der Waals surface area contributed by atoms with Crippen LogP contribution < -0.4 is 11.5 Å². The van der Waals surface area contributed by atoms with Crippen molar-refractivity contribution in [1.29, 1.82) is 0 Å². The summed E-state index contributed by atoms with van der Waals surface area (Å²) in [4.78, 5) is 4.62. The van der Waals surface area contributed by atoms with Crippen molar-refractivity contribution in [3.8, 4) is 10.6 Å². The highest BCUT2D eigenvalue weighted by Gasteiger charge is 2.07. The van der Waals surface area contributed by atoms with E-state index in [0.29, 0.717) is 0 Å². The minimum Gasteiger partial charge on any atom is -0.399 e. The van der Waals surface area contributed by atoms with E-state index in [1.807, 2.05) is 65.0 Å². The van der Waals surface area contributed by atoms with Gasteiger partial charge in [-0.25, -0.2) is 4.98 Å². The van der Waals surface area contributed by atoms with Gasteiger partial charge in [0, 0.05) is 16.9 Å². The minimum absolute atomic E-state index is 0.770. The second-order valence-corrected chi connectivity index (χ2v) is 5.35. The van der Waals surface area contributed by atoms with Crippen LogP contribution in [0.2, 0.25) is 0 Å². The van der Waals surface area contributed by atoms with Crippen LogP contribution in [-0.2, 0) is 0 Å². The molecule has 3 nitrogen and oxygen atoms in total. The maximum absolute atomic E-state index is 5.83. The summed E-state index contributed by atoms with van der Waals surface area (Å²) in [6.45, 7) is 10.0. The van der Waals surface area contributed by atoms with E-state index < -0.39 is 0 Å². The standard InChI is InChI=1S/C14H13N3S.2C2H6/c1-8-6-9(2-4-11(8)16)14-17-12-5-3-10(15)7-13(12)18-14;2*1-2/h2-7H,15-16H2,1H3;2*1-2H3. The average Bonchev–Trinajstić information content (AvgIpc) is 2.97. The summed E-state index contributed by atoms with van der Waals surface area (Å²) < 4.78 is 1.11. The number of anilines is 2. The van der Waals surface area contributed by atoms with Crippen LogP contribution in [0.3, 0.4) is 0 Å². The van der Waals surface area contributed by atoms with Gasteiger partial charge in [-0.2, -0.15) is 0 Å². The van der Waals surface area contributed by atoms with Crippen molar-refractivity contribution in [2.75, 3.05) is 11.5 Å². The Labute approximate surface area is 137 Å². The molecule has 22 heavy (non-hydrogen) atoms. The number of nitrogens with zero attached hydrogens (tertiary/aromatic N) is 1. The number of thiazole rings is 1. The lowest BCUT2D eigenvalue weighted by Crippen LogP contribution is -1.89. The average molecular weight is 315 g/mol. The zero-order valence-electron chi connectivity index (χ0n) is 14.0. The van der Waals surface area contributed by atoms with Crippen molar-refractivity contribution < 1.29 is 0 Å². The molecule has 0 saturated carbocycles. The molecule has 0 atom stereocenters. The Balaban J connectivity index is 0.000000561. The van der Waals surface area contributed by atoms with E-state index >= 15 is 0 Å². The van der Waals surface area contributed by atoms with Gasteiger partial charge in [-0.15, -0.1) is 11.3 Å². The quantitative estimate of drug-likeness (QED) is 0.584. The fourth-order valence-corrected chi connectivity index (χ4v) is 2.88. The molecule has 1 aromatic heterocycles. The Morgan fingerprint density at radius 1 is 0.909 bits per heavy atom. The molecule has 4 N–H and O–H groups in total. The van der Waals surface area contributed by atoms with Crippen LogP contribution in [0, 0.1) is 6.92 Å². The van der Waals surface area contributed by atoms with E-state index in [1.165, 1.54) is 0 Å². The molecule has 3 rings (SSSR count). The lowest BCUT2D eigenvalue weighted by atomic mass is 10.1. The molecule has 0 amide bonds. The minimum atomic E-state index is 0.770. The number of aromatic nitrogens is 1. The first-order chi connectivity index (χ1) is 10.6. The van der Waals surface area contributed by atoms with Crippen LogP contribution in [0.5, 0.6) is 0 Å². The Hall–Kier alpha value is -2.07. The lowest BCUT2D eigenvalue weighted by molar-refractivity contribution is 1.43. The smallest absolute Gasteiger partial charge is 0.124 e. The zero-order valence-corrected chi connectivity index (χ0v) is 14.8. The predicted molar refractivity (Wildman–Crippen MR) is 101 cm³/mol. The molecule has 0 aliphatic carbocycles. The third-order valence-corrected chi connectivity index (χ3v) is 4.00. The van der Waals surface area contributed by atoms with Crippen LogP contribution in [0.1, 0.15) is 33.3 Å².